The minimum atomic E-state index is 0.366. The van der Waals surface area contributed by atoms with Gasteiger partial charge in [-0.1, -0.05) is 23.7 Å². The summed E-state index contributed by atoms with van der Waals surface area (Å²) in [6, 6.07) is 10.6. The third-order valence-electron chi connectivity index (χ3n) is 1.84. The molecule has 0 bridgehead atoms. The number of rotatable bonds is 2. The number of aromatic nitrogens is 1. The molecule has 2 N–H and O–H groups in total. The molecule has 4 heteroatoms. The van der Waals surface area contributed by atoms with E-state index in [0.717, 1.165) is 0 Å². The number of ether oxygens (including phenoxy) is 1. The maximum Gasteiger partial charge on any atom is 0.242 e. The predicted molar refractivity (Wildman–Crippen MR) is 60.2 cm³/mol. The van der Waals surface area contributed by atoms with E-state index in [-0.39, 0.29) is 0 Å². The molecule has 0 atom stereocenters. The molecule has 0 fully saturated rings. The normalized spacial score (nSPS) is 9.93. The lowest BCUT2D eigenvalue weighted by molar-refractivity contribution is 0.466. The Kier molecular flexibility index (Phi) is 2.74. The number of pyridine rings is 1. The van der Waals surface area contributed by atoms with Gasteiger partial charge >= 0.3 is 0 Å². The fraction of sp³-hybridized carbons (Fsp3) is 0. The van der Waals surface area contributed by atoms with Crippen molar-refractivity contribution in [3.63, 3.8) is 0 Å². The van der Waals surface area contributed by atoms with E-state index >= 15 is 0 Å². The van der Waals surface area contributed by atoms with E-state index < -0.39 is 0 Å². The topological polar surface area (TPSA) is 48.1 Å². The number of nitrogen functional groups attached to an aromatic ring is 1. The van der Waals surface area contributed by atoms with Crippen LogP contribution >= 0.6 is 11.6 Å². The zero-order chi connectivity index (χ0) is 10.7. The summed E-state index contributed by atoms with van der Waals surface area (Å²) in [7, 11) is 0. The molecule has 0 aliphatic carbocycles. The van der Waals surface area contributed by atoms with Crippen LogP contribution in [0.15, 0.2) is 42.6 Å². The van der Waals surface area contributed by atoms with Crippen molar-refractivity contribution >= 4 is 17.3 Å². The Labute approximate surface area is 92.5 Å². The van der Waals surface area contributed by atoms with Crippen LogP contribution in [0.25, 0.3) is 0 Å². The van der Waals surface area contributed by atoms with Gasteiger partial charge in [0.25, 0.3) is 0 Å². The number of halogens is 1. The van der Waals surface area contributed by atoms with Crippen molar-refractivity contribution in [2.75, 3.05) is 5.73 Å². The Morgan fingerprint density at radius 1 is 1.13 bits per heavy atom. The number of anilines is 1. The summed E-state index contributed by atoms with van der Waals surface area (Å²) in [5.41, 5.74) is 6.17. The molecule has 1 aromatic heterocycles. The average molecular weight is 221 g/mol. The number of hydrogen-bond acceptors (Lipinski definition) is 3. The zero-order valence-corrected chi connectivity index (χ0v) is 8.61. The summed E-state index contributed by atoms with van der Waals surface area (Å²) < 4.78 is 5.47. The largest absolute Gasteiger partial charge is 0.436 e. The van der Waals surface area contributed by atoms with Gasteiger partial charge in [0.1, 0.15) is 5.75 Å². The van der Waals surface area contributed by atoms with Crippen LogP contribution in [-0.4, -0.2) is 4.98 Å². The Morgan fingerprint density at radius 3 is 2.67 bits per heavy atom. The minimum Gasteiger partial charge on any atom is -0.436 e. The highest BCUT2D eigenvalue weighted by Gasteiger charge is 2.05. The van der Waals surface area contributed by atoms with Crippen LogP contribution in [0, 0.1) is 0 Å². The van der Waals surface area contributed by atoms with E-state index in [0.29, 0.717) is 22.3 Å². The van der Waals surface area contributed by atoms with E-state index in [2.05, 4.69) is 4.98 Å². The molecule has 1 aromatic carbocycles. The molecule has 0 radical (unpaired) electrons. The second-order valence-electron chi connectivity index (χ2n) is 2.93. The zero-order valence-electron chi connectivity index (χ0n) is 7.85. The molecular formula is C11H9ClN2O. The molecule has 0 aliphatic heterocycles. The van der Waals surface area contributed by atoms with Gasteiger partial charge < -0.3 is 10.5 Å². The fourth-order valence-corrected chi connectivity index (χ4v) is 1.29. The molecule has 3 nitrogen and oxygen atoms in total. The Morgan fingerprint density at radius 2 is 1.93 bits per heavy atom. The molecule has 2 aromatic rings. The smallest absolute Gasteiger partial charge is 0.242 e. The second kappa shape index (κ2) is 4.19. The van der Waals surface area contributed by atoms with E-state index in [4.69, 9.17) is 22.1 Å². The summed E-state index contributed by atoms with van der Waals surface area (Å²) in [6.45, 7) is 0. The summed E-state index contributed by atoms with van der Waals surface area (Å²) in [5.74, 6) is 0.912. The Hall–Kier alpha value is -1.74. The van der Waals surface area contributed by atoms with Gasteiger partial charge in [0.05, 0.1) is 10.7 Å². The van der Waals surface area contributed by atoms with Crippen molar-refractivity contribution < 1.29 is 4.74 Å². The van der Waals surface area contributed by atoms with Gasteiger partial charge in [0, 0.05) is 6.20 Å². The molecular weight excluding hydrogens is 212 g/mol. The number of benzene rings is 1. The van der Waals surface area contributed by atoms with Gasteiger partial charge in [0.2, 0.25) is 5.88 Å². The van der Waals surface area contributed by atoms with Crippen LogP contribution in [0.3, 0.4) is 0 Å². The van der Waals surface area contributed by atoms with Gasteiger partial charge in [-0.05, 0) is 24.3 Å². The van der Waals surface area contributed by atoms with Crippen molar-refractivity contribution in [2.24, 2.45) is 0 Å². The molecule has 15 heavy (non-hydrogen) atoms. The van der Waals surface area contributed by atoms with Crippen LogP contribution in [0.2, 0.25) is 5.02 Å². The van der Waals surface area contributed by atoms with Crippen LogP contribution in [0.5, 0.6) is 11.6 Å². The van der Waals surface area contributed by atoms with Gasteiger partial charge in [-0.15, -0.1) is 0 Å². The Balaban J connectivity index is 2.30. The van der Waals surface area contributed by atoms with Gasteiger partial charge in [0.15, 0.2) is 0 Å². The summed E-state index contributed by atoms with van der Waals surface area (Å²) in [5, 5.41) is 0.530. The van der Waals surface area contributed by atoms with Crippen molar-refractivity contribution in [2.45, 2.75) is 0 Å². The average Bonchev–Trinajstić information content (AvgIpc) is 2.24. The third kappa shape index (κ3) is 2.19. The molecule has 1 heterocycles. The van der Waals surface area contributed by atoms with E-state index in [1.165, 1.54) is 0 Å². The van der Waals surface area contributed by atoms with E-state index in [1.54, 1.807) is 30.5 Å². The van der Waals surface area contributed by atoms with Crippen LogP contribution in [0.4, 0.5) is 5.69 Å². The monoisotopic (exact) mass is 220 g/mol. The lowest BCUT2D eigenvalue weighted by Crippen LogP contribution is -1.94. The number of para-hydroxylation sites is 1. The summed E-state index contributed by atoms with van der Waals surface area (Å²) in [6.07, 6.45) is 1.61. The standard InChI is InChI=1S/C11H9ClN2O/c12-8-4-1-2-6-10(8)15-11-9(13)5-3-7-14-11/h1-7H,13H2. The lowest BCUT2D eigenvalue weighted by atomic mass is 10.3. The summed E-state index contributed by atoms with van der Waals surface area (Å²) in [4.78, 5) is 4.01. The first kappa shape index (κ1) is 9.80. The molecule has 0 aliphatic rings. The number of nitrogens with two attached hydrogens (primary N) is 1. The van der Waals surface area contributed by atoms with Gasteiger partial charge in [-0.25, -0.2) is 4.98 Å². The maximum absolute atomic E-state index is 5.93. The van der Waals surface area contributed by atoms with Crippen LogP contribution < -0.4 is 10.5 Å². The van der Waals surface area contributed by atoms with Gasteiger partial charge in [-0.2, -0.15) is 0 Å². The van der Waals surface area contributed by atoms with E-state index in [9.17, 15) is 0 Å². The first-order valence-corrected chi connectivity index (χ1v) is 4.78. The predicted octanol–water partition coefficient (Wildman–Crippen LogP) is 3.11. The Bertz CT molecular complexity index is 430. The highest BCUT2D eigenvalue weighted by atomic mass is 35.5. The van der Waals surface area contributed by atoms with Gasteiger partial charge in [-0.3, -0.25) is 0 Å². The van der Waals surface area contributed by atoms with E-state index in [1.807, 2.05) is 12.1 Å². The molecule has 0 saturated carbocycles. The summed E-state index contributed by atoms with van der Waals surface area (Å²) >= 11 is 5.93. The lowest BCUT2D eigenvalue weighted by Gasteiger charge is -2.07. The van der Waals surface area contributed by atoms with Crippen LogP contribution in [-0.2, 0) is 0 Å². The molecule has 0 amide bonds. The molecule has 76 valence electrons. The second-order valence-corrected chi connectivity index (χ2v) is 3.34. The third-order valence-corrected chi connectivity index (χ3v) is 2.16. The number of hydrogen-bond donors (Lipinski definition) is 1. The van der Waals surface area contributed by atoms with Crippen molar-refractivity contribution in [3.05, 3.63) is 47.6 Å². The molecule has 0 saturated heterocycles. The first-order chi connectivity index (χ1) is 7.27. The molecule has 0 unspecified atom stereocenters. The van der Waals surface area contributed by atoms with Crippen molar-refractivity contribution in [1.29, 1.82) is 0 Å². The SMILES string of the molecule is Nc1cccnc1Oc1ccccc1Cl. The maximum atomic E-state index is 5.93. The van der Waals surface area contributed by atoms with Crippen molar-refractivity contribution in [3.8, 4) is 11.6 Å². The highest BCUT2D eigenvalue weighted by Crippen LogP contribution is 2.30. The molecule has 2 rings (SSSR count). The number of nitrogens with zero attached hydrogens (tertiary/aromatic N) is 1. The van der Waals surface area contributed by atoms with Crippen LogP contribution in [0.1, 0.15) is 0 Å². The minimum absolute atomic E-state index is 0.366. The first-order valence-electron chi connectivity index (χ1n) is 4.40. The van der Waals surface area contributed by atoms with Crippen molar-refractivity contribution in [1.82, 2.24) is 4.98 Å². The quantitative estimate of drug-likeness (QED) is 0.846. The highest BCUT2D eigenvalue weighted by molar-refractivity contribution is 6.32. The molecule has 0 spiro atoms. The fourth-order valence-electron chi connectivity index (χ4n) is 1.12.